The summed E-state index contributed by atoms with van der Waals surface area (Å²) in [4.78, 5) is 4.05. The van der Waals surface area contributed by atoms with Crippen LogP contribution in [0.2, 0.25) is 0 Å². The molecule has 3 heterocycles. The van der Waals surface area contributed by atoms with Crippen molar-refractivity contribution in [1.82, 2.24) is 14.3 Å². The third-order valence-corrected chi connectivity index (χ3v) is 8.12. The molecule has 1 unspecified atom stereocenters. The second kappa shape index (κ2) is 8.70. The first-order valence-corrected chi connectivity index (χ1v) is 12.4. The third kappa shape index (κ3) is 4.45. The summed E-state index contributed by atoms with van der Waals surface area (Å²) in [5, 5.41) is -0.990. The quantitative estimate of drug-likeness (QED) is 0.433. The van der Waals surface area contributed by atoms with Crippen molar-refractivity contribution < 1.29 is 43.9 Å². The van der Waals surface area contributed by atoms with Gasteiger partial charge in [0.25, 0.3) is 6.43 Å². The van der Waals surface area contributed by atoms with Gasteiger partial charge in [0.05, 0.1) is 30.1 Å². The van der Waals surface area contributed by atoms with Gasteiger partial charge >= 0.3 is 6.18 Å². The van der Waals surface area contributed by atoms with E-state index in [1.54, 1.807) is 0 Å². The fourth-order valence-corrected chi connectivity index (χ4v) is 5.66. The largest absolute Gasteiger partial charge is 0.417 e. The summed E-state index contributed by atoms with van der Waals surface area (Å²) in [5.41, 5.74) is -3.36. The molecule has 0 radical (unpaired) electrons. The lowest BCUT2D eigenvalue weighted by atomic mass is 10.0. The second-order valence-electron chi connectivity index (χ2n) is 8.73. The van der Waals surface area contributed by atoms with Crippen LogP contribution in [-0.2, 0) is 20.9 Å². The van der Waals surface area contributed by atoms with Crippen molar-refractivity contribution in [3.63, 3.8) is 0 Å². The number of nitrogens with one attached hydrogen (secondary N) is 1. The van der Waals surface area contributed by atoms with Gasteiger partial charge in [0.2, 0.25) is 10.0 Å². The molecule has 6 nitrogen and oxygen atoms in total. The summed E-state index contributed by atoms with van der Waals surface area (Å²) in [6, 6.07) is -0.0660. The third-order valence-electron chi connectivity index (χ3n) is 6.19. The molecule has 2 fully saturated rings. The Balaban J connectivity index is 1.70. The van der Waals surface area contributed by atoms with E-state index in [4.69, 9.17) is 4.74 Å². The zero-order valence-corrected chi connectivity index (χ0v) is 19.0. The minimum absolute atomic E-state index is 0.134. The van der Waals surface area contributed by atoms with Crippen LogP contribution in [0.3, 0.4) is 0 Å². The van der Waals surface area contributed by atoms with Crippen LogP contribution in [0.25, 0.3) is 22.3 Å². The minimum atomic E-state index is -5.03. The Bertz CT molecular complexity index is 1430. The van der Waals surface area contributed by atoms with Gasteiger partial charge in [-0.05, 0) is 37.1 Å². The molecule has 1 aromatic carbocycles. The summed E-state index contributed by atoms with van der Waals surface area (Å²) < 4.78 is 131. The maximum atomic E-state index is 15.2. The monoisotopic (exact) mass is 537 g/mol. The SMILES string of the molecule is O=S(=O)(NC(c1cn(C2COC2)c2nc(-c3ccc(F)cc3C(F)(F)F)c(F)cc12)C(F)F)C1CC1. The molecule has 1 aliphatic heterocycles. The maximum Gasteiger partial charge on any atom is 0.417 e. The smallest absolute Gasteiger partial charge is 0.377 e. The van der Waals surface area contributed by atoms with E-state index >= 15 is 4.39 Å². The predicted octanol–water partition coefficient (Wildman–Crippen LogP) is 4.96. The molecule has 0 amide bonds. The number of sulfonamides is 1. The Morgan fingerprint density at radius 1 is 1.11 bits per heavy atom. The minimum Gasteiger partial charge on any atom is -0.377 e. The van der Waals surface area contributed by atoms with Crippen molar-refractivity contribution in [2.24, 2.45) is 0 Å². The number of alkyl halides is 5. The molecular formula is C22H18F7N3O3S. The molecule has 36 heavy (non-hydrogen) atoms. The van der Waals surface area contributed by atoms with Crippen LogP contribution in [0, 0.1) is 11.6 Å². The highest BCUT2D eigenvalue weighted by Crippen LogP contribution is 2.41. The summed E-state index contributed by atoms with van der Waals surface area (Å²) in [6.45, 7) is 0.268. The summed E-state index contributed by atoms with van der Waals surface area (Å²) in [7, 11) is -4.08. The van der Waals surface area contributed by atoms with Crippen molar-refractivity contribution in [2.45, 2.75) is 42.8 Å². The zero-order valence-electron chi connectivity index (χ0n) is 18.2. The van der Waals surface area contributed by atoms with E-state index < -0.39 is 68.4 Å². The molecular weight excluding hydrogens is 519 g/mol. The fourth-order valence-electron chi connectivity index (χ4n) is 4.13. The van der Waals surface area contributed by atoms with Crippen molar-refractivity contribution in [1.29, 1.82) is 0 Å². The van der Waals surface area contributed by atoms with Crippen LogP contribution in [0.15, 0.2) is 30.5 Å². The Hall–Kier alpha value is -2.71. The number of nitrogens with zero attached hydrogens (tertiary/aromatic N) is 2. The van der Waals surface area contributed by atoms with Crippen LogP contribution in [0.4, 0.5) is 30.7 Å². The van der Waals surface area contributed by atoms with Crippen molar-refractivity contribution >= 4 is 21.1 Å². The van der Waals surface area contributed by atoms with Crippen LogP contribution in [0.5, 0.6) is 0 Å². The zero-order chi connectivity index (χ0) is 26.0. The van der Waals surface area contributed by atoms with Crippen molar-refractivity contribution in [2.75, 3.05) is 13.2 Å². The molecule has 1 saturated carbocycles. The molecule has 0 bridgehead atoms. The molecule has 1 atom stereocenters. The number of rotatable bonds is 7. The van der Waals surface area contributed by atoms with E-state index in [1.807, 2.05) is 4.72 Å². The normalized spacial score (nSPS) is 18.1. The average molecular weight is 537 g/mol. The van der Waals surface area contributed by atoms with Gasteiger partial charge < -0.3 is 9.30 Å². The van der Waals surface area contributed by atoms with Crippen LogP contribution in [0.1, 0.15) is 36.1 Å². The molecule has 1 saturated heterocycles. The Labute approximate surface area is 200 Å². The van der Waals surface area contributed by atoms with Crippen LogP contribution < -0.4 is 4.72 Å². The van der Waals surface area contributed by atoms with Gasteiger partial charge in [-0.25, -0.2) is 35.7 Å². The number of fused-ring (bicyclic) bond motifs is 1. The topological polar surface area (TPSA) is 73.2 Å². The highest BCUT2D eigenvalue weighted by atomic mass is 32.2. The molecule has 5 rings (SSSR count). The first-order chi connectivity index (χ1) is 16.9. The fraction of sp³-hybridized carbons (Fsp3) is 0.409. The second-order valence-corrected chi connectivity index (χ2v) is 10.7. The lowest BCUT2D eigenvalue weighted by Crippen LogP contribution is -2.35. The lowest BCUT2D eigenvalue weighted by Gasteiger charge is -2.28. The standard InChI is InChI=1S/C22H18F7N3O3S/c23-10-1-4-13(16(5-10)22(27,28)29)18-17(24)6-14-15(7-32(21(14)30-18)11-8-35-9-11)19(20(25)26)31-36(33,34)12-2-3-12/h1,4-7,11-12,19-20,31H,2-3,8-9H2. The number of hydrogen-bond donors (Lipinski definition) is 1. The van der Waals surface area contributed by atoms with Crippen molar-refractivity contribution in [3.8, 4) is 11.3 Å². The number of pyridine rings is 1. The van der Waals surface area contributed by atoms with Gasteiger partial charge in [-0.3, -0.25) is 0 Å². The highest BCUT2D eigenvalue weighted by molar-refractivity contribution is 7.90. The van der Waals surface area contributed by atoms with Crippen molar-refractivity contribution in [3.05, 3.63) is 53.2 Å². The van der Waals surface area contributed by atoms with Gasteiger partial charge in [-0.1, -0.05) is 0 Å². The number of hydrogen-bond acceptors (Lipinski definition) is 4. The molecule has 1 aliphatic carbocycles. The van der Waals surface area contributed by atoms with E-state index in [9.17, 15) is 34.8 Å². The first-order valence-electron chi connectivity index (χ1n) is 10.8. The molecule has 194 valence electrons. The average Bonchev–Trinajstić information content (AvgIpc) is 3.55. The van der Waals surface area contributed by atoms with Gasteiger partial charge in [0.15, 0.2) is 0 Å². The maximum absolute atomic E-state index is 15.2. The van der Waals surface area contributed by atoms with E-state index in [0.29, 0.717) is 12.8 Å². The molecule has 2 aliphatic rings. The van der Waals surface area contributed by atoms with Gasteiger partial charge in [-0.2, -0.15) is 13.2 Å². The molecule has 3 aromatic rings. The number of halogens is 7. The lowest BCUT2D eigenvalue weighted by molar-refractivity contribution is -0.137. The summed E-state index contributed by atoms with van der Waals surface area (Å²) >= 11 is 0. The van der Waals surface area contributed by atoms with E-state index in [2.05, 4.69) is 4.98 Å². The molecule has 1 N–H and O–H groups in total. The Kier molecular flexibility index (Phi) is 6.03. The number of benzene rings is 1. The Morgan fingerprint density at radius 3 is 2.36 bits per heavy atom. The first kappa shape index (κ1) is 25.0. The van der Waals surface area contributed by atoms with E-state index in [-0.39, 0.29) is 35.9 Å². The van der Waals surface area contributed by atoms with E-state index in [0.717, 1.165) is 18.2 Å². The summed E-state index contributed by atoms with van der Waals surface area (Å²) in [5.74, 6) is -2.46. The number of ether oxygens (including phenoxy) is 1. The number of aromatic nitrogens is 2. The Morgan fingerprint density at radius 2 is 1.81 bits per heavy atom. The van der Waals surface area contributed by atoms with Crippen LogP contribution >= 0.6 is 0 Å². The van der Waals surface area contributed by atoms with Gasteiger partial charge in [0.1, 0.15) is 29.0 Å². The molecule has 0 spiro atoms. The van der Waals surface area contributed by atoms with E-state index in [1.165, 1.54) is 10.8 Å². The highest BCUT2D eigenvalue weighted by Gasteiger charge is 2.41. The van der Waals surface area contributed by atoms with Crippen LogP contribution in [-0.4, -0.2) is 42.9 Å². The summed E-state index contributed by atoms with van der Waals surface area (Å²) in [6.07, 6.45) is -6.41. The predicted molar refractivity (Wildman–Crippen MR) is 114 cm³/mol. The molecule has 14 heteroatoms. The molecule has 2 aromatic heterocycles. The van der Waals surface area contributed by atoms with Gasteiger partial charge in [0, 0.05) is 22.7 Å². The van der Waals surface area contributed by atoms with Gasteiger partial charge in [-0.15, -0.1) is 0 Å².